The Hall–Kier alpha value is -1.63. The molecular weight excluding hydrogens is 236 g/mol. The molecule has 1 aliphatic rings. The lowest BCUT2D eigenvalue weighted by molar-refractivity contribution is -0.384. The van der Waals surface area contributed by atoms with Gasteiger partial charge in [-0.05, 0) is 19.8 Å². The molecule has 0 amide bonds. The zero-order valence-electron chi connectivity index (χ0n) is 10.6. The van der Waals surface area contributed by atoms with E-state index in [0.29, 0.717) is 18.1 Å². The highest BCUT2D eigenvalue weighted by atomic mass is 16.6. The summed E-state index contributed by atoms with van der Waals surface area (Å²) in [5.41, 5.74) is -0.381. The van der Waals surface area contributed by atoms with Crippen LogP contribution in [-0.4, -0.2) is 32.0 Å². The third kappa shape index (κ3) is 2.31. The van der Waals surface area contributed by atoms with Gasteiger partial charge in [0.15, 0.2) is 0 Å². The first-order valence-electron chi connectivity index (χ1n) is 6.07. The van der Waals surface area contributed by atoms with Gasteiger partial charge in [-0.15, -0.1) is 0 Å². The Morgan fingerprint density at radius 1 is 1.56 bits per heavy atom. The van der Waals surface area contributed by atoms with Crippen molar-refractivity contribution in [1.82, 2.24) is 9.78 Å². The number of aryl methyl sites for hydroxylation is 2. The van der Waals surface area contributed by atoms with E-state index in [4.69, 9.17) is 0 Å². The number of anilines is 1. The summed E-state index contributed by atoms with van der Waals surface area (Å²) in [5, 5.41) is 28.2. The maximum absolute atomic E-state index is 11.0. The van der Waals surface area contributed by atoms with Crippen LogP contribution in [0.2, 0.25) is 0 Å². The lowest BCUT2D eigenvalue weighted by atomic mass is 10.0. The van der Waals surface area contributed by atoms with Crippen LogP contribution in [0.3, 0.4) is 0 Å². The standard InChI is InChI=1S/C11H18N4O3/c1-8-9(15(17)18)10(14(2)13-8)12-7-11(16)5-3-4-6-11/h12,16H,3-7H2,1-2H3. The van der Waals surface area contributed by atoms with Gasteiger partial charge in [-0.1, -0.05) is 12.8 Å². The van der Waals surface area contributed by atoms with Crippen LogP contribution in [0, 0.1) is 17.0 Å². The molecule has 0 aromatic carbocycles. The fourth-order valence-electron chi connectivity index (χ4n) is 2.52. The first-order chi connectivity index (χ1) is 8.43. The molecule has 2 rings (SSSR count). The number of nitro groups is 1. The summed E-state index contributed by atoms with van der Waals surface area (Å²) >= 11 is 0. The molecule has 2 N–H and O–H groups in total. The number of aromatic nitrogens is 2. The number of hydrogen-bond donors (Lipinski definition) is 2. The predicted octanol–water partition coefficient (Wildman–Crippen LogP) is 1.35. The monoisotopic (exact) mass is 254 g/mol. The molecule has 7 heteroatoms. The van der Waals surface area contributed by atoms with Crippen molar-refractivity contribution < 1.29 is 10.0 Å². The van der Waals surface area contributed by atoms with Gasteiger partial charge < -0.3 is 10.4 Å². The van der Waals surface area contributed by atoms with Crippen molar-refractivity contribution in [3.63, 3.8) is 0 Å². The lowest BCUT2D eigenvalue weighted by Gasteiger charge is -2.22. The second kappa shape index (κ2) is 4.56. The van der Waals surface area contributed by atoms with Crippen LogP contribution in [0.5, 0.6) is 0 Å². The van der Waals surface area contributed by atoms with Gasteiger partial charge in [-0.3, -0.25) is 10.1 Å². The molecule has 0 atom stereocenters. The fourth-order valence-corrected chi connectivity index (χ4v) is 2.52. The Morgan fingerprint density at radius 3 is 2.72 bits per heavy atom. The van der Waals surface area contributed by atoms with Gasteiger partial charge in [0.05, 0.1) is 10.5 Å². The Balaban J connectivity index is 2.16. The summed E-state index contributed by atoms with van der Waals surface area (Å²) in [6.45, 7) is 1.93. The van der Waals surface area contributed by atoms with Gasteiger partial charge in [0.25, 0.3) is 0 Å². The van der Waals surface area contributed by atoms with Crippen LogP contribution in [-0.2, 0) is 7.05 Å². The number of aliphatic hydroxyl groups is 1. The molecule has 1 aliphatic carbocycles. The quantitative estimate of drug-likeness (QED) is 0.625. The molecule has 100 valence electrons. The van der Waals surface area contributed by atoms with Crippen molar-refractivity contribution >= 4 is 11.5 Å². The topological polar surface area (TPSA) is 93.2 Å². The van der Waals surface area contributed by atoms with Crippen LogP contribution in [0.15, 0.2) is 0 Å². The van der Waals surface area contributed by atoms with Crippen LogP contribution in [0.25, 0.3) is 0 Å². The van der Waals surface area contributed by atoms with E-state index < -0.39 is 10.5 Å². The molecule has 1 fully saturated rings. The summed E-state index contributed by atoms with van der Waals surface area (Å²) in [7, 11) is 1.65. The average Bonchev–Trinajstić information content (AvgIpc) is 2.81. The van der Waals surface area contributed by atoms with Crippen molar-refractivity contribution in [2.45, 2.75) is 38.2 Å². The number of rotatable bonds is 4. The Labute approximate surface area is 105 Å². The van der Waals surface area contributed by atoms with Crippen LogP contribution in [0.1, 0.15) is 31.4 Å². The minimum Gasteiger partial charge on any atom is -0.388 e. The molecule has 1 aromatic rings. The Morgan fingerprint density at radius 2 is 2.17 bits per heavy atom. The van der Waals surface area contributed by atoms with Gasteiger partial charge in [0, 0.05) is 13.6 Å². The number of hydrogen-bond acceptors (Lipinski definition) is 5. The fraction of sp³-hybridized carbons (Fsp3) is 0.727. The molecule has 1 saturated carbocycles. The van der Waals surface area contributed by atoms with E-state index in [0.717, 1.165) is 25.7 Å². The maximum Gasteiger partial charge on any atom is 0.333 e. The van der Waals surface area contributed by atoms with Gasteiger partial charge in [-0.25, -0.2) is 4.68 Å². The normalized spacial score (nSPS) is 17.9. The minimum absolute atomic E-state index is 0.0147. The summed E-state index contributed by atoms with van der Waals surface area (Å²) in [5.74, 6) is 0.359. The summed E-state index contributed by atoms with van der Waals surface area (Å²) in [6.07, 6.45) is 3.49. The summed E-state index contributed by atoms with van der Waals surface area (Å²) < 4.78 is 1.45. The van der Waals surface area contributed by atoms with Crippen LogP contribution >= 0.6 is 0 Å². The van der Waals surface area contributed by atoms with Crippen molar-refractivity contribution in [2.24, 2.45) is 7.05 Å². The molecule has 18 heavy (non-hydrogen) atoms. The molecule has 0 radical (unpaired) electrons. The third-order valence-electron chi connectivity index (χ3n) is 3.49. The molecule has 1 heterocycles. The molecule has 0 aliphatic heterocycles. The van der Waals surface area contributed by atoms with Crippen molar-refractivity contribution in [3.8, 4) is 0 Å². The van der Waals surface area contributed by atoms with Crippen molar-refractivity contribution in [3.05, 3.63) is 15.8 Å². The smallest absolute Gasteiger partial charge is 0.333 e. The van der Waals surface area contributed by atoms with E-state index >= 15 is 0 Å². The SMILES string of the molecule is Cc1nn(C)c(NCC2(O)CCCC2)c1[N+](=O)[O-]. The summed E-state index contributed by atoms with van der Waals surface area (Å²) in [4.78, 5) is 10.5. The number of nitrogens with zero attached hydrogens (tertiary/aromatic N) is 3. The second-order valence-corrected chi connectivity index (χ2v) is 4.95. The maximum atomic E-state index is 11.0. The molecular formula is C11H18N4O3. The van der Waals surface area contributed by atoms with E-state index in [1.807, 2.05) is 0 Å². The molecule has 0 spiro atoms. The third-order valence-corrected chi connectivity index (χ3v) is 3.49. The molecule has 0 bridgehead atoms. The van der Waals surface area contributed by atoms with Crippen LogP contribution < -0.4 is 5.32 Å². The Bertz CT molecular complexity index is 463. The van der Waals surface area contributed by atoms with Gasteiger partial charge >= 0.3 is 5.69 Å². The van der Waals surface area contributed by atoms with Crippen LogP contribution in [0.4, 0.5) is 11.5 Å². The zero-order chi connectivity index (χ0) is 13.3. The molecule has 1 aromatic heterocycles. The van der Waals surface area contributed by atoms with E-state index in [-0.39, 0.29) is 5.69 Å². The number of nitrogens with one attached hydrogen (secondary N) is 1. The lowest BCUT2D eigenvalue weighted by Crippen LogP contribution is -2.34. The average molecular weight is 254 g/mol. The Kier molecular flexibility index (Phi) is 3.25. The highest BCUT2D eigenvalue weighted by Gasteiger charge is 2.32. The summed E-state index contributed by atoms with van der Waals surface area (Å²) in [6, 6.07) is 0. The molecule has 7 nitrogen and oxygen atoms in total. The molecule has 0 saturated heterocycles. The van der Waals surface area contributed by atoms with E-state index in [1.54, 1.807) is 14.0 Å². The highest BCUT2D eigenvalue weighted by Crippen LogP contribution is 2.32. The van der Waals surface area contributed by atoms with Gasteiger partial charge in [0.2, 0.25) is 5.82 Å². The van der Waals surface area contributed by atoms with Gasteiger partial charge in [0.1, 0.15) is 5.69 Å². The van der Waals surface area contributed by atoms with E-state index in [2.05, 4.69) is 10.4 Å². The zero-order valence-corrected chi connectivity index (χ0v) is 10.6. The van der Waals surface area contributed by atoms with E-state index in [9.17, 15) is 15.2 Å². The molecule has 0 unspecified atom stereocenters. The van der Waals surface area contributed by atoms with Crippen molar-refractivity contribution in [1.29, 1.82) is 0 Å². The second-order valence-electron chi connectivity index (χ2n) is 4.95. The highest BCUT2D eigenvalue weighted by molar-refractivity contribution is 5.59. The minimum atomic E-state index is -0.744. The van der Waals surface area contributed by atoms with Gasteiger partial charge in [-0.2, -0.15) is 5.10 Å². The first kappa shape index (κ1) is 12.8. The predicted molar refractivity (Wildman–Crippen MR) is 66.5 cm³/mol. The van der Waals surface area contributed by atoms with E-state index in [1.165, 1.54) is 4.68 Å². The first-order valence-corrected chi connectivity index (χ1v) is 6.07. The van der Waals surface area contributed by atoms with Crippen molar-refractivity contribution in [2.75, 3.05) is 11.9 Å². The largest absolute Gasteiger partial charge is 0.388 e.